The highest BCUT2D eigenvalue weighted by molar-refractivity contribution is 6.31. The van der Waals surface area contributed by atoms with Gasteiger partial charge in [0.25, 0.3) is 0 Å². The number of hydrogen-bond donors (Lipinski definition) is 0. The van der Waals surface area contributed by atoms with Crippen molar-refractivity contribution in [2.75, 3.05) is 0 Å². The molecule has 0 bridgehead atoms. The van der Waals surface area contributed by atoms with Crippen LogP contribution in [-0.2, 0) is 5.41 Å². The Balaban J connectivity index is 2.41. The first kappa shape index (κ1) is 8.12. The highest BCUT2D eigenvalue weighted by atomic mass is 35.5. The van der Waals surface area contributed by atoms with E-state index in [1.807, 2.05) is 6.92 Å². The maximum Gasteiger partial charge on any atom is 0.0438 e. The normalized spacial score (nSPS) is 19.2. The minimum atomic E-state index is 0.442. The van der Waals surface area contributed by atoms with Crippen molar-refractivity contribution in [3.63, 3.8) is 0 Å². The second kappa shape index (κ2) is 2.50. The summed E-state index contributed by atoms with van der Waals surface area (Å²) in [5, 5.41) is 0.903. The molecule has 0 N–H and O–H groups in total. The largest absolute Gasteiger partial charge is 0.0840 e. The van der Waals surface area contributed by atoms with Crippen LogP contribution in [0.1, 0.15) is 30.9 Å². The molecule has 0 nitrogen and oxygen atoms in total. The second-order valence-corrected chi connectivity index (χ2v) is 4.43. The SMILES string of the molecule is Cc1ccc(C2(C)CC2)cc1Cl. The molecule has 0 aromatic heterocycles. The van der Waals surface area contributed by atoms with Gasteiger partial charge < -0.3 is 0 Å². The Morgan fingerprint density at radius 2 is 2.00 bits per heavy atom. The van der Waals surface area contributed by atoms with E-state index < -0.39 is 0 Å². The van der Waals surface area contributed by atoms with Crippen LogP contribution < -0.4 is 0 Å². The smallest absolute Gasteiger partial charge is 0.0438 e. The highest BCUT2D eigenvalue weighted by Crippen LogP contribution is 2.48. The van der Waals surface area contributed by atoms with E-state index in [-0.39, 0.29) is 0 Å². The van der Waals surface area contributed by atoms with Gasteiger partial charge in [0, 0.05) is 5.02 Å². The lowest BCUT2D eigenvalue weighted by Gasteiger charge is -2.09. The van der Waals surface area contributed by atoms with Crippen LogP contribution >= 0.6 is 11.6 Å². The molecule has 64 valence electrons. The molecule has 0 radical (unpaired) electrons. The zero-order valence-corrected chi connectivity index (χ0v) is 8.28. The van der Waals surface area contributed by atoms with Crippen LogP contribution in [0.5, 0.6) is 0 Å². The lowest BCUT2D eigenvalue weighted by molar-refractivity contribution is 0.787. The lowest BCUT2D eigenvalue weighted by Crippen LogP contribution is -1.99. The van der Waals surface area contributed by atoms with Crippen LogP contribution in [0.15, 0.2) is 18.2 Å². The number of rotatable bonds is 1. The molecule has 12 heavy (non-hydrogen) atoms. The third kappa shape index (κ3) is 1.25. The minimum Gasteiger partial charge on any atom is -0.0840 e. The van der Waals surface area contributed by atoms with E-state index in [0.29, 0.717) is 5.41 Å². The molecule has 0 amide bonds. The summed E-state index contributed by atoms with van der Waals surface area (Å²) < 4.78 is 0. The molecule has 0 saturated heterocycles. The molecular formula is C11H13Cl. The van der Waals surface area contributed by atoms with Gasteiger partial charge in [-0.15, -0.1) is 0 Å². The summed E-state index contributed by atoms with van der Waals surface area (Å²) in [4.78, 5) is 0. The maximum absolute atomic E-state index is 6.05. The van der Waals surface area contributed by atoms with E-state index in [1.165, 1.54) is 24.0 Å². The zero-order valence-electron chi connectivity index (χ0n) is 7.52. The molecule has 0 atom stereocenters. The summed E-state index contributed by atoms with van der Waals surface area (Å²) in [7, 11) is 0. The van der Waals surface area contributed by atoms with Crippen molar-refractivity contribution < 1.29 is 0 Å². The molecule has 0 heterocycles. The van der Waals surface area contributed by atoms with Crippen molar-refractivity contribution >= 4 is 11.6 Å². The van der Waals surface area contributed by atoms with Crippen LogP contribution in [-0.4, -0.2) is 0 Å². The van der Waals surface area contributed by atoms with E-state index in [9.17, 15) is 0 Å². The number of benzene rings is 1. The molecule has 1 aliphatic rings. The Morgan fingerprint density at radius 3 is 2.50 bits per heavy atom. The Labute approximate surface area is 78.6 Å². The van der Waals surface area contributed by atoms with Gasteiger partial charge in [0.2, 0.25) is 0 Å². The van der Waals surface area contributed by atoms with Gasteiger partial charge in [-0.25, -0.2) is 0 Å². The van der Waals surface area contributed by atoms with Gasteiger partial charge >= 0.3 is 0 Å². The molecule has 1 aromatic rings. The maximum atomic E-state index is 6.05. The summed E-state index contributed by atoms with van der Waals surface area (Å²) >= 11 is 6.05. The molecule has 1 fully saturated rings. The minimum absolute atomic E-state index is 0.442. The molecule has 0 aliphatic heterocycles. The van der Waals surface area contributed by atoms with E-state index in [1.54, 1.807) is 0 Å². The fourth-order valence-corrected chi connectivity index (χ4v) is 1.62. The van der Waals surface area contributed by atoms with Gasteiger partial charge in [0.1, 0.15) is 0 Å². The molecule has 2 rings (SSSR count). The molecule has 1 heteroatoms. The third-order valence-corrected chi connectivity index (χ3v) is 3.28. The average molecular weight is 181 g/mol. The Hall–Kier alpha value is -0.490. The van der Waals surface area contributed by atoms with Crippen LogP contribution in [0.25, 0.3) is 0 Å². The Kier molecular flexibility index (Phi) is 1.69. The summed E-state index contributed by atoms with van der Waals surface area (Å²) in [5.74, 6) is 0. The highest BCUT2D eigenvalue weighted by Gasteiger charge is 2.38. The molecular weight excluding hydrogens is 168 g/mol. The first-order valence-corrected chi connectivity index (χ1v) is 4.76. The second-order valence-electron chi connectivity index (χ2n) is 4.02. The van der Waals surface area contributed by atoms with Crippen molar-refractivity contribution in [2.24, 2.45) is 0 Å². The van der Waals surface area contributed by atoms with Crippen molar-refractivity contribution in [3.8, 4) is 0 Å². The van der Waals surface area contributed by atoms with E-state index in [4.69, 9.17) is 11.6 Å². The van der Waals surface area contributed by atoms with Crippen molar-refractivity contribution in [3.05, 3.63) is 34.3 Å². The summed E-state index contributed by atoms with van der Waals surface area (Å²) in [6.07, 6.45) is 2.62. The predicted octanol–water partition coefficient (Wildman–Crippen LogP) is 3.70. The fraction of sp³-hybridized carbons (Fsp3) is 0.455. The molecule has 0 spiro atoms. The molecule has 0 unspecified atom stereocenters. The van der Waals surface area contributed by atoms with Crippen LogP contribution in [0.4, 0.5) is 0 Å². The molecule has 1 aliphatic carbocycles. The quantitative estimate of drug-likeness (QED) is 0.618. The Morgan fingerprint density at radius 1 is 1.33 bits per heavy atom. The van der Waals surface area contributed by atoms with Crippen LogP contribution in [0, 0.1) is 6.92 Å². The van der Waals surface area contributed by atoms with E-state index in [0.717, 1.165) is 5.02 Å². The van der Waals surface area contributed by atoms with Crippen molar-refractivity contribution in [2.45, 2.75) is 32.1 Å². The third-order valence-electron chi connectivity index (χ3n) is 2.87. The summed E-state index contributed by atoms with van der Waals surface area (Å²) in [6.45, 7) is 4.34. The summed E-state index contributed by atoms with van der Waals surface area (Å²) in [5.41, 5.74) is 3.01. The van der Waals surface area contributed by atoms with Gasteiger partial charge in [0.15, 0.2) is 0 Å². The standard InChI is InChI=1S/C11H13Cl/c1-8-3-4-9(7-10(8)12)11(2)5-6-11/h3-4,7H,5-6H2,1-2H3. The average Bonchev–Trinajstić information content (AvgIpc) is 2.75. The number of hydrogen-bond acceptors (Lipinski definition) is 0. The van der Waals surface area contributed by atoms with Gasteiger partial charge in [0.05, 0.1) is 0 Å². The first-order valence-electron chi connectivity index (χ1n) is 4.38. The fourth-order valence-electron chi connectivity index (χ4n) is 1.44. The topological polar surface area (TPSA) is 0 Å². The molecule has 1 saturated carbocycles. The monoisotopic (exact) mass is 180 g/mol. The van der Waals surface area contributed by atoms with Crippen LogP contribution in [0.2, 0.25) is 5.02 Å². The first-order chi connectivity index (χ1) is 5.62. The van der Waals surface area contributed by atoms with Crippen molar-refractivity contribution in [1.82, 2.24) is 0 Å². The number of halogens is 1. The van der Waals surface area contributed by atoms with E-state index in [2.05, 4.69) is 25.1 Å². The lowest BCUT2D eigenvalue weighted by atomic mass is 9.97. The van der Waals surface area contributed by atoms with Gasteiger partial charge in [-0.05, 0) is 42.4 Å². The Bertz CT molecular complexity index is 311. The van der Waals surface area contributed by atoms with E-state index >= 15 is 0 Å². The predicted molar refractivity (Wildman–Crippen MR) is 52.8 cm³/mol. The van der Waals surface area contributed by atoms with Gasteiger partial charge in [-0.1, -0.05) is 30.7 Å². The zero-order chi connectivity index (χ0) is 8.77. The number of aryl methyl sites for hydroxylation is 1. The van der Waals surface area contributed by atoms with Crippen LogP contribution in [0.3, 0.4) is 0 Å². The van der Waals surface area contributed by atoms with Gasteiger partial charge in [-0.3, -0.25) is 0 Å². The summed E-state index contributed by atoms with van der Waals surface area (Å²) in [6, 6.07) is 6.43. The van der Waals surface area contributed by atoms with Crippen molar-refractivity contribution in [1.29, 1.82) is 0 Å². The van der Waals surface area contributed by atoms with Gasteiger partial charge in [-0.2, -0.15) is 0 Å². The molecule has 1 aromatic carbocycles.